The summed E-state index contributed by atoms with van der Waals surface area (Å²) in [6, 6.07) is 12.9. The van der Waals surface area contributed by atoms with E-state index in [1.807, 2.05) is 0 Å². The number of fused-ring (bicyclic) bond motifs is 1. The van der Waals surface area contributed by atoms with Crippen LogP contribution in [0.25, 0.3) is 17.3 Å². The topological polar surface area (TPSA) is 12.9 Å². The van der Waals surface area contributed by atoms with Crippen molar-refractivity contribution in [2.24, 2.45) is 0 Å². The lowest BCUT2D eigenvalue weighted by atomic mass is 10.1. The van der Waals surface area contributed by atoms with E-state index < -0.39 is 0 Å². The molecule has 0 N–H and O–H groups in total. The molecule has 1 aromatic carbocycles. The van der Waals surface area contributed by atoms with Gasteiger partial charge in [0.25, 0.3) is 0 Å². The number of rotatable bonds is 2. The average molecular weight is 279 g/mol. The Labute approximate surface area is 122 Å². The van der Waals surface area contributed by atoms with Crippen LogP contribution >= 0.6 is 9.24 Å². The van der Waals surface area contributed by atoms with Crippen LogP contribution in [0, 0.1) is 0 Å². The number of benzene rings is 1. The van der Waals surface area contributed by atoms with Gasteiger partial charge in [-0.05, 0) is 42.8 Å². The third-order valence-corrected chi connectivity index (χ3v) is 4.12. The van der Waals surface area contributed by atoms with Gasteiger partial charge in [-0.2, -0.15) is 0 Å². The minimum atomic E-state index is 0.966. The first-order valence-electron chi connectivity index (χ1n) is 6.90. The van der Waals surface area contributed by atoms with Crippen molar-refractivity contribution in [2.45, 2.75) is 19.5 Å². The maximum absolute atomic E-state index is 4.81. The van der Waals surface area contributed by atoms with Gasteiger partial charge in [0.2, 0.25) is 0 Å². The molecule has 100 valence electrons. The average Bonchev–Trinajstić information content (AvgIpc) is 2.69. The molecule has 1 aliphatic carbocycles. The number of allylic oxidation sites excluding steroid dienone is 3. The molecule has 2 heteroatoms. The molecule has 0 bridgehead atoms. The lowest BCUT2D eigenvalue weighted by Gasteiger charge is -2.07. The van der Waals surface area contributed by atoms with Crippen LogP contribution in [0.15, 0.2) is 54.1 Å². The first-order chi connectivity index (χ1) is 9.76. The van der Waals surface area contributed by atoms with E-state index in [-0.39, 0.29) is 0 Å². The van der Waals surface area contributed by atoms with Crippen molar-refractivity contribution in [1.82, 2.24) is 4.98 Å². The fourth-order valence-electron chi connectivity index (χ4n) is 2.34. The summed E-state index contributed by atoms with van der Waals surface area (Å²) in [5.41, 5.74) is 7.23. The van der Waals surface area contributed by atoms with E-state index >= 15 is 0 Å². The van der Waals surface area contributed by atoms with Crippen molar-refractivity contribution in [2.75, 3.05) is 0 Å². The van der Waals surface area contributed by atoms with Gasteiger partial charge in [0.15, 0.2) is 0 Å². The van der Waals surface area contributed by atoms with E-state index in [0.717, 1.165) is 24.0 Å². The highest BCUT2D eigenvalue weighted by Gasteiger charge is 2.07. The van der Waals surface area contributed by atoms with Crippen molar-refractivity contribution < 1.29 is 0 Å². The van der Waals surface area contributed by atoms with Gasteiger partial charge < -0.3 is 0 Å². The smallest absolute Gasteiger partial charge is 0.0709 e. The van der Waals surface area contributed by atoms with Gasteiger partial charge in [0.1, 0.15) is 0 Å². The van der Waals surface area contributed by atoms with Gasteiger partial charge in [0.05, 0.1) is 11.4 Å². The summed E-state index contributed by atoms with van der Waals surface area (Å²) >= 11 is 0. The Morgan fingerprint density at radius 3 is 2.60 bits per heavy atom. The summed E-state index contributed by atoms with van der Waals surface area (Å²) in [5.74, 6) is 0. The molecule has 0 spiro atoms. The van der Waals surface area contributed by atoms with Gasteiger partial charge >= 0.3 is 0 Å². The van der Waals surface area contributed by atoms with Crippen LogP contribution in [0.3, 0.4) is 0 Å². The number of hydrogen-bond acceptors (Lipinski definition) is 1. The van der Waals surface area contributed by atoms with Gasteiger partial charge in [-0.1, -0.05) is 48.1 Å². The molecule has 1 nitrogen and oxygen atoms in total. The van der Waals surface area contributed by atoms with Crippen LogP contribution in [0.5, 0.6) is 0 Å². The third-order valence-electron chi connectivity index (χ3n) is 3.65. The molecule has 0 saturated heterocycles. The fraction of sp³-hybridized carbons (Fsp3) is 0.167. The highest BCUT2D eigenvalue weighted by Crippen LogP contribution is 2.23. The second-order valence-electron chi connectivity index (χ2n) is 5.13. The molecule has 1 unspecified atom stereocenters. The quantitative estimate of drug-likeness (QED) is 0.730. The summed E-state index contributed by atoms with van der Waals surface area (Å²) in [5, 5.41) is 0. The normalized spacial score (nSPS) is 13.6. The molecule has 1 heterocycles. The van der Waals surface area contributed by atoms with Gasteiger partial charge in [-0.15, -0.1) is 9.24 Å². The Morgan fingerprint density at radius 1 is 1.05 bits per heavy atom. The number of aromatic nitrogens is 1. The summed E-state index contributed by atoms with van der Waals surface area (Å²) in [7, 11) is 2.75. The van der Waals surface area contributed by atoms with Gasteiger partial charge in [-0.3, -0.25) is 0 Å². The van der Waals surface area contributed by atoms with Gasteiger partial charge in [0, 0.05) is 5.56 Å². The van der Waals surface area contributed by atoms with E-state index in [2.05, 4.69) is 70.8 Å². The van der Waals surface area contributed by atoms with E-state index in [1.54, 1.807) is 0 Å². The lowest BCUT2D eigenvalue weighted by Crippen LogP contribution is -1.93. The number of pyridine rings is 1. The third kappa shape index (κ3) is 2.73. The summed E-state index contributed by atoms with van der Waals surface area (Å²) in [6.07, 6.45) is 8.46. The molecule has 0 radical (unpaired) electrons. The Bertz CT molecular complexity index is 681. The Kier molecular flexibility index (Phi) is 3.80. The van der Waals surface area contributed by atoms with E-state index in [9.17, 15) is 0 Å². The second-order valence-corrected chi connectivity index (χ2v) is 5.54. The zero-order chi connectivity index (χ0) is 13.9. The molecule has 0 fully saturated rings. The molecular weight excluding hydrogens is 261 g/mol. The van der Waals surface area contributed by atoms with Crippen LogP contribution in [-0.4, -0.2) is 4.98 Å². The molecule has 2 aromatic rings. The van der Waals surface area contributed by atoms with Crippen molar-refractivity contribution in [3.63, 3.8) is 0 Å². The molecule has 1 atom stereocenters. The van der Waals surface area contributed by atoms with Crippen molar-refractivity contribution in [1.29, 1.82) is 0 Å². The highest BCUT2D eigenvalue weighted by atomic mass is 31.0. The number of hydrogen-bond donors (Lipinski definition) is 0. The monoisotopic (exact) mass is 279 g/mol. The SMILES string of the molecule is CC1=CCc2ccc(-c3ccc(CP)cc3)nc2C=C1. The Balaban J connectivity index is 1.98. The minimum absolute atomic E-state index is 0.966. The first kappa shape index (κ1) is 13.3. The molecule has 3 rings (SSSR count). The largest absolute Gasteiger partial charge is 0.248 e. The molecule has 1 aliphatic rings. The van der Waals surface area contributed by atoms with E-state index in [0.29, 0.717) is 0 Å². The van der Waals surface area contributed by atoms with Crippen molar-refractivity contribution in [3.05, 3.63) is 70.9 Å². The van der Waals surface area contributed by atoms with Crippen LogP contribution in [-0.2, 0) is 12.6 Å². The minimum Gasteiger partial charge on any atom is -0.248 e. The van der Waals surface area contributed by atoms with Crippen LogP contribution < -0.4 is 0 Å². The van der Waals surface area contributed by atoms with E-state index in [1.165, 1.54) is 22.3 Å². The molecule has 0 aliphatic heterocycles. The predicted molar refractivity (Wildman–Crippen MR) is 89.6 cm³/mol. The number of nitrogens with zero attached hydrogens (tertiary/aromatic N) is 1. The molecule has 20 heavy (non-hydrogen) atoms. The summed E-state index contributed by atoms with van der Waals surface area (Å²) in [6.45, 7) is 2.13. The zero-order valence-electron chi connectivity index (χ0n) is 11.6. The highest BCUT2D eigenvalue weighted by molar-refractivity contribution is 7.15. The van der Waals surface area contributed by atoms with Gasteiger partial charge in [-0.25, -0.2) is 4.98 Å². The van der Waals surface area contributed by atoms with Crippen molar-refractivity contribution >= 4 is 15.3 Å². The standard InChI is InChI=1S/C18H18NP/c1-13-2-6-15-9-11-18(19-17(15)10-3-13)16-7-4-14(12-20)5-8-16/h2-5,7-11H,6,12,20H2,1H3. The second kappa shape index (κ2) is 5.73. The Hall–Kier alpha value is -1.72. The predicted octanol–water partition coefficient (Wildman–Crippen LogP) is 4.64. The molecule has 0 amide bonds. The maximum atomic E-state index is 4.81. The zero-order valence-corrected chi connectivity index (χ0v) is 12.8. The van der Waals surface area contributed by atoms with E-state index in [4.69, 9.17) is 4.98 Å². The molecule has 0 saturated carbocycles. The molecular formula is C18H18NP. The maximum Gasteiger partial charge on any atom is 0.0709 e. The fourth-order valence-corrected chi connectivity index (χ4v) is 2.61. The summed E-state index contributed by atoms with van der Waals surface area (Å²) < 4.78 is 0. The first-order valence-corrected chi connectivity index (χ1v) is 7.72. The lowest BCUT2D eigenvalue weighted by molar-refractivity contribution is 1.17. The molecule has 1 aromatic heterocycles. The van der Waals surface area contributed by atoms with Crippen LogP contribution in [0.2, 0.25) is 0 Å². The summed E-state index contributed by atoms with van der Waals surface area (Å²) in [4.78, 5) is 4.81. The van der Waals surface area contributed by atoms with Crippen LogP contribution in [0.1, 0.15) is 23.7 Å². The van der Waals surface area contributed by atoms with Crippen LogP contribution in [0.4, 0.5) is 0 Å². The Morgan fingerprint density at radius 2 is 1.85 bits per heavy atom. The van der Waals surface area contributed by atoms with Crippen molar-refractivity contribution in [3.8, 4) is 11.3 Å².